The van der Waals surface area contributed by atoms with Gasteiger partial charge < -0.3 is 15.4 Å². The number of carbonyl (C=O) groups excluding carboxylic acids is 1. The van der Waals surface area contributed by atoms with Gasteiger partial charge in [-0.15, -0.1) is 0 Å². The van der Waals surface area contributed by atoms with Crippen molar-refractivity contribution in [3.63, 3.8) is 0 Å². The van der Waals surface area contributed by atoms with Gasteiger partial charge in [-0.2, -0.15) is 0 Å². The summed E-state index contributed by atoms with van der Waals surface area (Å²) >= 11 is 0. The van der Waals surface area contributed by atoms with E-state index < -0.39 is 5.54 Å². The summed E-state index contributed by atoms with van der Waals surface area (Å²) in [6, 6.07) is 0.449. The van der Waals surface area contributed by atoms with Gasteiger partial charge in [-0.3, -0.25) is 4.79 Å². The van der Waals surface area contributed by atoms with E-state index in [-0.39, 0.29) is 5.97 Å². The van der Waals surface area contributed by atoms with E-state index >= 15 is 0 Å². The molecular formula is C13H24N2O2. The Morgan fingerprint density at radius 2 is 2.18 bits per heavy atom. The van der Waals surface area contributed by atoms with E-state index in [2.05, 4.69) is 11.9 Å². The van der Waals surface area contributed by atoms with Gasteiger partial charge in [-0.25, -0.2) is 0 Å². The van der Waals surface area contributed by atoms with Crippen molar-refractivity contribution < 1.29 is 9.53 Å². The molecule has 2 aliphatic carbocycles. The third kappa shape index (κ3) is 2.99. The molecule has 0 bridgehead atoms. The van der Waals surface area contributed by atoms with Crippen molar-refractivity contribution in [1.82, 2.24) is 4.90 Å². The fraction of sp³-hybridized carbons (Fsp3) is 0.923. The quantitative estimate of drug-likeness (QED) is 0.732. The molecule has 4 nitrogen and oxygen atoms in total. The zero-order valence-corrected chi connectivity index (χ0v) is 10.9. The van der Waals surface area contributed by atoms with Crippen LogP contribution in [0.1, 0.15) is 39.0 Å². The molecule has 2 rings (SSSR count). The smallest absolute Gasteiger partial charge is 0.326 e. The lowest BCUT2D eigenvalue weighted by atomic mass is 9.99. The first-order valence-electron chi connectivity index (χ1n) is 6.71. The van der Waals surface area contributed by atoms with Crippen molar-refractivity contribution in [2.45, 2.75) is 50.6 Å². The zero-order chi connectivity index (χ0) is 12.5. The van der Waals surface area contributed by atoms with Crippen LogP contribution in [0.2, 0.25) is 0 Å². The second-order valence-electron chi connectivity index (χ2n) is 5.66. The Morgan fingerprint density at radius 1 is 1.47 bits per heavy atom. The summed E-state index contributed by atoms with van der Waals surface area (Å²) in [5.41, 5.74) is 5.42. The number of hydrogen-bond acceptors (Lipinski definition) is 4. The molecular weight excluding hydrogens is 216 g/mol. The Balaban J connectivity index is 1.86. The zero-order valence-electron chi connectivity index (χ0n) is 10.9. The van der Waals surface area contributed by atoms with Crippen molar-refractivity contribution in [1.29, 1.82) is 0 Å². The summed E-state index contributed by atoms with van der Waals surface area (Å²) < 4.78 is 5.07. The first-order valence-corrected chi connectivity index (χ1v) is 6.71. The van der Waals surface area contributed by atoms with Crippen LogP contribution in [0.3, 0.4) is 0 Å². The summed E-state index contributed by atoms with van der Waals surface area (Å²) in [7, 11) is 2.15. The molecule has 0 radical (unpaired) electrons. The maximum Gasteiger partial charge on any atom is 0.326 e. The molecule has 0 spiro atoms. The minimum Gasteiger partial charge on any atom is -0.465 e. The Hall–Kier alpha value is -0.610. The van der Waals surface area contributed by atoms with E-state index in [1.807, 2.05) is 6.92 Å². The van der Waals surface area contributed by atoms with Gasteiger partial charge in [0.25, 0.3) is 0 Å². The average Bonchev–Trinajstić information content (AvgIpc) is 2.99. The predicted molar refractivity (Wildman–Crippen MR) is 66.5 cm³/mol. The van der Waals surface area contributed by atoms with Crippen LogP contribution in [0.4, 0.5) is 0 Å². The SMILES string of the molecule is CCOC(=O)C1(N)CCC(N(C)CC2CC2)C1. The number of nitrogens with zero attached hydrogens (tertiary/aromatic N) is 1. The molecule has 0 aromatic heterocycles. The van der Waals surface area contributed by atoms with Crippen LogP contribution >= 0.6 is 0 Å². The standard InChI is InChI=1S/C13H24N2O2/c1-3-17-12(16)13(14)7-6-11(8-13)15(2)9-10-4-5-10/h10-11H,3-9,14H2,1-2H3. The molecule has 0 aliphatic heterocycles. The van der Waals surface area contributed by atoms with Gasteiger partial charge in [0.1, 0.15) is 5.54 Å². The lowest BCUT2D eigenvalue weighted by molar-refractivity contribution is -0.149. The molecule has 2 fully saturated rings. The average molecular weight is 240 g/mol. The van der Waals surface area contributed by atoms with E-state index in [9.17, 15) is 4.79 Å². The van der Waals surface area contributed by atoms with E-state index in [0.29, 0.717) is 12.6 Å². The van der Waals surface area contributed by atoms with Crippen LogP contribution in [0, 0.1) is 5.92 Å². The number of nitrogens with two attached hydrogens (primary N) is 1. The third-order valence-electron chi connectivity index (χ3n) is 4.07. The first-order chi connectivity index (χ1) is 8.05. The monoisotopic (exact) mass is 240 g/mol. The molecule has 0 aromatic carbocycles. The molecule has 4 heteroatoms. The van der Waals surface area contributed by atoms with Gasteiger partial charge >= 0.3 is 5.97 Å². The Kier molecular flexibility index (Phi) is 3.73. The summed E-state index contributed by atoms with van der Waals surface area (Å²) in [6.07, 6.45) is 5.24. The number of esters is 1. The number of carbonyl (C=O) groups is 1. The maximum atomic E-state index is 11.8. The lowest BCUT2D eigenvalue weighted by Crippen LogP contribution is -2.48. The number of hydrogen-bond donors (Lipinski definition) is 1. The van der Waals surface area contributed by atoms with Crippen LogP contribution in [0.5, 0.6) is 0 Å². The van der Waals surface area contributed by atoms with Gasteiger partial charge in [-0.1, -0.05) is 0 Å². The van der Waals surface area contributed by atoms with E-state index in [1.165, 1.54) is 12.8 Å². The van der Waals surface area contributed by atoms with E-state index in [4.69, 9.17) is 10.5 Å². The van der Waals surface area contributed by atoms with Crippen LogP contribution in [-0.2, 0) is 9.53 Å². The molecule has 98 valence electrons. The van der Waals surface area contributed by atoms with Crippen LogP contribution in [0.15, 0.2) is 0 Å². The summed E-state index contributed by atoms with van der Waals surface area (Å²) in [5, 5.41) is 0. The first kappa shape index (κ1) is 12.8. The Morgan fingerprint density at radius 3 is 2.76 bits per heavy atom. The van der Waals surface area contributed by atoms with Gasteiger partial charge in [-0.05, 0) is 52.0 Å². The number of ether oxygens (including phenoxy) is 1. The van der Waals surface area contributed by atoms with Gasteiger partial charge in [0, 0.05) is 12.6 Å². The topological polar surface area (TPSA) is 55.6 Å². The molecule has 0 amide bonds. The molecule has 2 aliphatic rings. The molecule has 2 unspecified atom stereocenters. The van der Waals surface area contributed by atoms with Crippen LogP contribution in [-0.4, -0.2) is 42.6 Å². The second kappa shape index (κ2) is 4.94. The molecule has 0 heterocycles. The fourth-order valence-corrected chi connectivity index (χ4v) is 2.74. The second-order valence-corrected chi connectivity index (χ2v) is 5.66. The summed E-state index contributed by atoms with van der Waals surface area (Å²) in [4.78, 5) is 14.2. The van der Waals surface area contributed by atoms with Crippen molar-refractivity contribution in [2.75, 3.05) is 20.2 Å². The summed E-state index contributed by atoms with van der Waals surface area (Å²) in [5.74, 6) is 0.665. The highest BCUT2D eigenvalue weighted by atomic mass is 16.5. The maximum absolute atomic E-state index is 11.8. The highest BCUT2D eigenvalue weighted by Gasteiger charge is 2.44. The van der Waals surface area contributed by atoms with Gasteiger partial charge in [0.2, 0.25) is 0 Å². The molecule has 2 N–H and O–H groups in total. The van der Waals surface area contributed by atoms with Crippen molar-refractivity contribution in [3.8, 4) is 0 Å². The molecule has 17 heavy (non-hydrogen) atoms. The minimum absolute atomic E-state index is 0.220. The molecule has 2 atom stereocenters. The van der Waals surface area contributed by atoms with E-state index in [0.717, 1.165) is 31.7 Å². The molecule has 0 saturated heterocycles. The fourth-order valence-electron chi connectivity index (χ4n) is 2.74. The van der Waals surface area contributed by atoms with Gasteiger partial charge in [0.05, 0.1) is 6.61 Å². The number of rotatable bonds is 5. The lowest BCUT2D eigenvalue weighted by Gasteiger charge is -2.26. The van der Waals surface area contributed by atoms with Crippen molar-refractivity contribution >= 4 is 5.97 Å². The van der Waals surface area contributed by atoms with Crippen molar-refractivity contribution in [3.05, 3.63) is 0 Å². The third-order valence-corrected chi connectivity index (χ3v) is 4.07. The summed E-state index contributed by atoms with van der Waals surface area (Å²) in [6.45, 7) is 3.40. The van der Waals surface area contributed by atoms with Crippen LogP contribution in [0.25, 0.3) is 0 Å². The molecule has 2 saturated carbocycles. The van der Waals surface area contributed by atoms with Crippen molar-refractivity contribution in [2.24, 2.45) is 11.7 Å². The normalized spacial score (nSPS) is 33.1. The largest absolute Gasteiger partial charge is 0.465 e. The molecule has 0 aromatic rings. The predicted octanol–water partition coefficient (Wildman–Crippen LogP) is 1.14. The highest BCUT2D eigenvalue weighted by molar-refractivity contribution is 5.81. The van der Waals surface area contributed by atoms with Gasteiger partial charge in [0.15, 0.2) is 0 Å². The van der Waals surface area contributed by atoms with Crippen LogP contribution < -0.4 is 5.73 Å². The minimum atomic E-state index is -0.738. The van der Waals surface area contributed by atoms with E-state index in [1.54, 1.807) is 0 Å². The Bertz CT molecular complexity index is 291. The highest BCUT2D eigenvalue weighted by Crippen LogP contribution is 2.35. The Labute approximate surface area is 103 Å².